The minimum absolute atomic E-state index is 0.0264. The van der Waals surface area contributed by atoms with Crippen LogP contribution in [-0.4, -0.2) is 21.0 Å². The Morgan fingerprint density at radius 1 is 0.848 bits per heavy atom. The molecule has 0 fully saturated rings. The van der Waals surface area contributed by atoms with Gasteiger partial charge in [0.25, 0.3) is 5.91 Å². The first kappa shape index (κ1) is 21.0. The fourth-order valence-corrected chi connectivity index (χ4v) is 4.28. The molecular weight excluding hydrogens is 410 g/mol. The zero-order valence-corrected chi connectivity index (χ0v) is 18.3. The molecule has 5 heteroatoms. The monoisotopic (exact) mass is 435 g/mol. The van der Waals surface area contributed by atoms with Crippen LogP contribution >= 0.6 is 0 Å². The molecule has 0 aliphatic heterocycles. The van der Waals surface area contributed by atoms with E-state index in [1.807, 2.05) is 48.5 Å². The van der Waals surface area contributed by atoms with E-state index in [1.165, 1.54) is 11.1 Å². The number of aliphatic hydroxyl groups is 1. The van der Waals surface area contributed by atoms with Gasteiger partial charge in [0.05, 0.1) is 23.7 Å². The molecule has 0 saturated heterocycles. The molecule has 1 heterocycles. The van der Waals surface area contributed by atoms with Gasteiger partial charge in [0.2, 0.25) is 0 Å². The molecule has 5 nitrogen and oxygen atoms in total. The van der Waals surface area contributed by atoms with Crippen molar-refractivity contribution in [2.45, 2.75) is 32.3 Å². The molecule has 5 rings (SSSR count). The lowest BCUT2D eigenvalue weighted by atomic mass is 9.90. The molecule has 164 valence electrons. The fourth-order valence-electron chi connectivity index (χ4n) is 4.28. The van der Waals surface area contributed by atoms with Crippen molar-refractivity contribution in [3.05, 3.63) is 113 Å². The number of hydrogen-bond donors (Lipinski definition) is 2. The second-order valence-electron chi connectivity index (χ2n) is 8.27. The van der Waals surface area contributed by atoms with E-state index in [0.717, 1.165) is 47.5 Å². The lowest BCUT2D eigenvalue weighted by molar-refractivity contribution is 0.102. The lowest BCUT2D eigenvalue weighted by Gasteiger charge is -2.21. The molecule has 2 N–H and O–H groups in total. The van der Waals surface area contributed by atoms with Crippen LogP contribution < -0.4 is 5.32 Å². The van der Waals surface area contributed by atoms with Gasteiger partial charge < -0.3 is 10.4 Å². The fraction of sp³-hybridized carbons (Fsp3) is 0.179. The quantitative estimate of drug-likeness (QED) is 0.457. The number of aromatic nitrogens is 2. The normalized spacial score (nSPS) is 12.0. The van der Waals surface area contributed by atoms with Gasteiger partial charge in [0, 0.05) is 11.1 Å². The number of nitrogens with zero attached hydrogens (tertiary/aromatic N) is 2. The molecule has 0 radical (unpaired) electrons. The van der Waals surface area contributed by atoms with Gasteiger partial charge in [-0.1, -0.05) is 66.7 Å². The minimum Gasteiger partial charge on any atom is -0.392 e. The van der Waals surface area contributed by atoms with Crippen molar-refractivity contribution in [1.82, 2.24) is 9.97 Å². The summed E-state index contributed by atoms with van der Waals surface area (Å²) in [5, 5.41) is 12.5. The van der Waals surface area contributed by atoms with Crippen LogP contribution in [-0.2, 0) is 32.3 Å². The third kappa shape index (κ3) is 4.54. The highest BCUT2D eigenvalue weighted by Gasteiger charge is 2.23. The number of hydrogen-bond acceptors (Lipinski definition) is 4. The smallest absolute Gasteiger partial charge is 0.256 e. The van der Waals surface area contributed by atoms with E-state index in [0.29, 0.717) is 17.8 Å². The van der Waals surface area contributed by atoms with E-state index >= 15 is 0 Å². The van der Waals surface area contributed by atoms with Crippen molar-refractivity contribution in [2.24, 2.45) is 0 Å². The van der Waals surface area contributed by atoms with Crippen molar-refractivity contribution in [2.75, 3.05) is 5.32 Å². The molecule has 0 saturated carbocycles. The van der Waals surface area contributed by atoms with Crippen LogP contribution in [0.2, 0.25) is 0 Å². The zero-order valence-electron chi connectivity index (χ0n) is 18.3. The van der Waals surface area contributed by atoms with E-state index in [-0.39, 0.29) is 12.5 Å². The average Bonchev–Trinajstić information content (AvgIpc) is 2.88. The van der Waals surface area contributed by atoms with E-state index < -0.39 is 0 Å². The van der Waals surface area contributed by atoms with Crippen LogP contribution in [0.4, 0.5) is 5.82 Å². The van der Waals surface area contributed by atoms with E-state index in [1.54, 1.807) is 12.1 Å². The van der Waals surface area contributed by atoms with Crippen molar-refractivity contribution in [1.29, 1.82) is 0 Å². The van der Waals surface area contributed by atoms with E-state index in [9.17, 15) is 9.90 Å². The average molecular weight is 436 g/mol. The summed E-state index contributed by atoms with van der Waals surface area (Å²) in [5.41, 5.74) is 7.49. The number of carbonyl (C=O) groups excluding carboxylic acids is 1. The number of fused-ring (bicyclic) bond motifs is 3. The highest BCUT2D eigenvalue weighted by Crippen LogP contribution is 2.33. The molecule has 1 aromatic heterocycles. The van der Waals surface area contributed by atoms with Crippen molar-refractivity contribution < 1.29 is 9.90 Å². The molecule has 4 aromatic rings. The molecule has 1 amide bonds. The minimum atomic E-state index is -0.186. The van der Waals surface area contributed by atoms with Gasteiger partial charge >= 0.3 is 0 Å². The molecule has 0 atom stereocenters. The molecular formula is C28H25N3O2. The van der Waals surface area contributed by atoms with Crippen LogP contribution in [0.15, 0.2) is 78.9 Å². The maximum atomic E-state index is 12.9. The second kappa shape index (κ2) is 9.35. The van der Waals surface area contributed by atoms with Gasteiger partial charge in [-0.15, -0.1) is 0 Å². The number of rotatable bonds is 6. The van der Waals surface area contributed by atoms with Crippen LogP contribution in [0.1, 0.15) is 38.4 Å². The number of nitrogens with one attached hydrogen (secondary N) is 1. The molecule has 0 bridgehead atoms. The molecule has 33 heavy (non-hydrogen) atoms. The van der Waals surface area contributed by atoms with Gasteiger partial charge in [0.15, 0.2) is 5.82 Å². The Labute approximate surface area is 193 Å². The Morgan fingerprint density at radius 3 is 2.36 bits per heavy atom. The maximum Gasteiger partial charge on any atom is 0.256 e. The van der Waals surface area contributed by atoms with Gasteiger partial charge in [0.1, 0.15) is 0 Å². The standard InChI is InChI=1S/C28H25N3O2/c32-18-20-11-14-23-22(17-20)13-16-24-26(23)29-25(15-12-19-7-3-1-4-8-19)27(30-24)31-28(33)21-9-5-2-6-10-21/h1-11,14,17,32H,12-13,15-16,18H2,(H,30,31,33). The predicted molar refractivity (Wildman–Crippen MR) is 129 cm³/mol. The molecule has 3 aromatic carbocycles. The van der Waals surface area contributed by atoms with Crippen LogP contribution in [0, 0.1) is 0 Å². The summed E-state index contributed by atoms with van der Waals surface area (Å²) in [5.74, 6) is 0.351. The Balaban J connectivity index is 1.52. The van der Waals surface area contributed by atoms with Gasteiger partial charge in [-0.2, -0.15) is 0 Å². The summed E-state index contributed by atoms with van der Waals surface area (Å²) in [6.45, 7) is 0.0264. The number of benzene rings is 3. The van der Waals surface area contributed by atoms with Gasteiger partial charge in [-0.3, -0.25) is 4.79 Å². The van der Waals surface area contributed by atoms with Crippen molar-refractivity contribution in [3.63, 3.8) is 0 Å². The third-order valence-corrected chi connectivity index (χ3v) is 6.04. The topological polar surface area (TPSA) is 75.1 Å². The summed E-state index contributed by atoms with van der Waals surface area (Å²) in [7, 11) is 0. The zero-order chi connectivity index (χ0) is 22.6. The number of carbonyl (C=O) groups is 1. The molecule has 0 spiro atoms. The largest absolute Gasteiger partial charge is 0.392 e. The maximum absolute atomic E-state index is 12.9. The summed E-state index contributed by atoms with van der Waals surface area (Å²) in [6.07, 6.45) is 3.05. The molecule has 1 aliphatic rings. The summed E-state index contributed by atoms with van der Waals surface area (Å²) < 4.78 is 0. The second-order valence-corrected chi connectivity index (χ2v) is 8.27. The van der Waals surface area contributed by atoms with Crippen molar-refractivity contribution >= 4 is 11.7 Å². The Kier molecular flexibility index (Phi) is 5.96. The van der Waals surface area contributed by atoms with Crippen LogP contribution in [0.25, 0.3) is 11.3 Å². The number of amides is 1. The Morgan fingerprint density at radius 2 is 1.61 bits per heavy atom. The number of aryl methyl sites for hydroxylation is 4. The third-order valence-electron chi connectivity index (χ3n) is 6.04. The Bertz CT molecular complexity index is 1290. The first-order valence-electron chi connectivity index (χ1n) is 11.2. The van der Waals surface area contributed by atoms with Crippen molar-refractivity contribution in [3.8, 4) is 11.3 Å². The molecule has 0 unspecified atom stereocenters. The summed E-state index contributed by atoms with van der Waals surface area (Å²) in [4.78, 5) is 22.8. The number of anilines is 1. The predicted octanol–water partition coefficient (Wildman–Crippen LogP) is 4.77. The van der Waals surface area contributed by atoms with Gasteiger partial charge in [-0.25, -0.2) is 9.97 Å². The van der Waals surface area contributed by atoms with E-state index in [4.69, 9.17) is 9.97 Å². The SMILES string of the molecule is O=C(Nc1nc2c(nc1CCc1ccccc1)-c1ccc(CO)cc1CC2)c1ccccc1. The number of aliphatic hydroxyl groups excluding tert-OH is 1. The highest BCUT2D eigenvalue weighted by atomic mass is 16.3. The molecule has 1 aliphatic carbocycles. The van der Waals surface area contributed by atoms with E-state index in [2.05, 4.69) is 23.5 Å². The van der Waals surface area contributed by atoms with Gasteiger partial charge in [-0.05, 0) is 54.5 Å². The first-order valence-corrected chi connectivity index (χ1v) is 11.2. The van der Waals surface area contributed by atoms with Crippen LogP contribution in [0.3, 0.4) is 0 Å². The summed E-state index contributed by atoms with van der Waals surface area (Å²) >= 11 is 0. The lowest BCUT2D eigenvalue weighted by Crippen LogP contribution is -2.19. The first-order chi connectivity index (χ1) is 16.2. The van der Waals surface area contributed by atoms with Crippen LogP contribution in [0.5, 0.6) is 0 Å². The Hall–Kier alpha value is -3.83. The summed E-state index contributed by atoms with van der Waals surface area (Å²) in [6, 6.07) is 25.4. The highest BCUT2D eigenvalue weighted by molar-refractivity contribution is 6.04.